The van der Waals surface area contributed by atoms with E-state index in [2.05, 4.69) is 0 Å². The van der Waals surface area contributed by atoms with Crippen LogP contribution < -0.4 is 5.73 Å². The first-order valence-electron chi connectivity index (χ1n) is 4.40. The average molecular weight is 233 g/mol. The first-order chi connectivity index (χ1) is 7.27. The molecule has 3 nitrogen and oxygen atoms in total. The van der Waals surface area contributed by atoms with Gasteiger partial charge < -0.3 is 10.8 Å². The molecule has 0 bridgehead atoms. The molecule has 0 heterocycles. The third-order valence-corrected chi connectivity index (χ3v) is 2.22. The number of carbonyl (C=O) groups is 1. The van der Waals surface area contributed by atoms with Crippen LogP contribution in [0.2, 0.25) is 0 Å². The first kappa shape index (κ1) is 12.5. The Labute approximate surface area is 89.7 Å². The molecule has 0 aliphatic rings. The summed E-state index contributed by atoms with van der Waals surface area (Å²) in [6.07, 6.45) is -6.01. The van der Waals surface area contributed by atoms with E-state index in [0.29, 0.717) is 0 Å². The highest BCUT2D eigenvalue weighted by atomic mass is 19.4. The van der Waals surface area contributed by atoms with Crippen molar-refractivity contribution in [2.75, 3.05) is 0 Å². The highest BCUT2D eigenvalue weighted by Crippen LogP contribution is 2.39. The summed E-state index contributed by atoms with van der Waals surface area (Å²) in [7, 11) is 0. The molecular formula is C10H10F3NO2. The minimum Gasteiger partial charge on any atom is -0.481 e. The van der Waals surface area contributed by atoms with Crippen LogP contribution in [0.3, 0.4) is 0 Å². The number of carboxylic acid groups (broad SMARTS) is 1. The number of benzene rings is 1. The van der Waals surface area contributed by atoms with Crippen molar-refractivity contribution in [2.24, 2.45) is 5.73 Å². The van der Waals surface area contributed by atoms with Gasteiger partial charge in [0.2, 0.25) is 0 Å². The van der Waals surface area contributed by atoms with E-state index >= 15 is 0 Å². The zero-order valence-corrected chi connectivity index (χ0v) is 8.16. The van der Waals surface area contributed by atoms with Crippen LogP contribution in [-0.2, 0) is 10.3 Å². The summed E-state index contributed by atoms with van der Waals surface area (Å²) in [6.45, 7) is 0. The van der Waals surface area contributed by atoms with Gasteiger partial charge in [0, 0.05) is 0 Å². The molecule has 6 heteroatoms. The molecule has 1 aromatic rings. The SMILES string of the molecule is N[C@](CC(=O)O)(c1ccccc1)C(F)(F)F. The fourth-order valence-corrected chi connectivity index (χ4v) is 1.34. The molecule has 0 saturated carbocycles. The van der Waals surface area contributed by atoms with Crippen LogP contribution in [0.1, 0.15) is 12.0 Å². The van der Waals surface area contributed by atoms with Crippen LogP contribution in [-0.4, -0.2) is 17.3 Å². The maximum Gasteiger partial charge on any atom is 0.411 e. The predicted octanol–water partition coefficient (Wildman–Crippen LogP) is 1.88. The van der Waals surface area contributed by atoms with Gasteiger partial charge in [0.1, 0.15) is 5.54 Å². The molecular weight excluding hydrogens is 223 g/mol. The van der Waals surface area contributed by atoms with E-state index in [-0.39, 0.29) is 5.56 Å². The lowest BCUT2D eigenvalue weighted by Crippen LogP contribution is -2.51. The molecule has 3 N–H and O–H groups in total. The molecule has 0 aliphatic carbocycles. The van der Waals surface area contributed by atoms with Gasteiger partial charge in [0.15, 0.2) is 0 Å². The average Bonchev–Trinajstić information content (AvgIpc) is 2.16. The number of hydrogen-bond acceptors (Lipinski definition) is 2. The lowest BCUT2D eigenvalue weighted by atomic mass is 9.87. The molecule has 0 spiro atoms. The molecule has 16 heavy (non-hydrogen) atoms. The summed E-state index contributed by atoms with van der Waals surface area (Å²) >= 11 is 0. The van der Waals surface area contributed by atoms with Crippen LogP contribution in [0.4, 0.5) is 13.2 Å². The number of halogens is 3. The molecule has 0 saturated heterocycles. The van der Waals surface area contributed by atoms with E-state index in [1.54, 1.807) is 0 Å². The van der Waals surface area contributed by atoms with Crippen molar-refractivity contribution in [3.8, 4) is 0 Å². The Kier molecular flexibility index (Phi) is 3.23. The normalized spacial score (nSPS) is 15.5. The fourth-order valence-electron chi connectivity index (χ4n) is 1.34. The third kappa shape index (κ3) is 2.33. The van der Waals surface area contributed by atoms with Gasteiger partial charge in [-0.25, -0.2) is 0 Å². The number of aliphatic carboxylic acids is 1. The smallest absolute Gasteiger partial charge is 0.411 e. The highest BCUT2D eigenvalue weighted by Gasteiger charge is 2.54. The standard InChI is InChI=1S/C10H10F3NO2/c11-10(12,13)9(14,6-8(15)16)7-4-2-1-3-5-7/h1-5H,6,14H2,(H,15,16)/t9-/m1/s1. The molecule has 0 aliphatic heterocycles. The quantitative estimate of drug-likeness (QED) is 0.837. The molecule has 0 radical (unpaired) electrons. The van der Waals surface area contributed by atoms with E-state index in [1.165, 1.54) is 18.2 Å². The maximum atomic E-state index is 12.8. The van der Waals surface area contributed by atoms with Crippen LogP contribution in [0.25, 0.3) is 0 Å². The topological polar surface area (TPSA) is 63.3 Å². The largest absolute Gasteiger partial charge is 0.481 e. The zero-order chi connectivity index (χ0) is 12.4. The lowest BCUT2D eigenvalue weighted by Gasteiger charge is -2.30. The second-order valence-corrected chi connectivity index (χ2v) is 3.41. The van der Waals surface area contributed by atoms with Crippen molar-refractivity contribution in [1.82, 2.24) is 0 Å². The number of nitrogens with two attached hydrogens (primary N) is 1. The van der Waals surface area contributed by atoms with Gasteiger partial charge in [-0.3, -0.25) is 4.79 Å². The van der Waals surface area contributed by atoms with Gasteiger partial charge in [-0.05, 0) is 5.56 Å². The second-order valence-electron chi connectivity index (χ2n) is 3.41. The van der Waals surface area contributed by atoms with E-state index in [4.69, 9.17) is 10.8 Å². The number of rotatable bonds is 3. The highest BCUT2D eigenvalue weighted by molar-refractivity contribution is 5.69. The third-order valence-electron chi connectivity index (χ3n) is 2.22. The van der Waals surface area contributed by atoms with E-state index < -0.39 is 24.1 Å². The van der Waals surface area contributed by atoms with Crippen molar-refractivity contribution >= 4 is 5.97 Å². The van der Waals surface area contributed by atoms with Crippen molar-refractivity contribution in [2.45, 2.75) is 18.1 Å². The summed E-state index contributed by atoms with van der Waals surface area (Å²) in [6, 6.07) is 6.61. The molecule has 1 aromatic carbocycles. The van der Waals surface area contributed by atoms with Crippen molar-refractivity contribution < 1.29 is 23.1 Å². The Balaban J connectivity index is 3.21. The summed E-state index contributed by atoms with van der Waals surface area (Å²) in [5.74, 6) is -1.59. The first-order valence-corrected chi connectivity index (χ1v) is 4.40. The Morgan fingerprint density at radius 2 is 1.75 bits per heavy atom. The summed E-state index contributed by atoms with van der Waals surface area (Å²) < 4.78 is 38.3. The zero-order valence-electron chi connectivity index (χ0n) is 8.16. The Bertz CT molecular complexity index is 377. The molecule has 1 rings (SSSR count). The van der Waals surface area contributed by atoms with Gasteiger partial charge in [0.05, 0.1) is 6.42 Å². The minimum atomic E-state index is -4.81. The van der Waals surface area contributed by atoms with Crippen molar-refractivity contribution in [3.63, 3.8) is 0 Å². The lowest BCUT2D eigenvalue weighted by molar-refractivity contribution is -0.196. The van der Waals surface area contributed by atoms with Crippen LogP contribution >= 0.6 is 0 Å². The summed E-state index contributed by atoms with van der Waals surface area (Å²) in [4.78, 5) is 10.5. The predicted molar refractivity (Wildman–Crippen MR) is 50.6 cm³/mol. The molecule has 1 atom stereocenters. The van der Waals surface area contributed by atoms with Crippen LogP contribution in [0.15, 0.2) is 30.3 Å². The summed E-state index contributed by atoms with van der Waals surface area (Å²) in [5, 5.41) is 8.49. The van der Waals surface area contributed by atoms with Gasteiger partial charge in [-0.2, -0.15) is 13.2 Å². The van der Waals surface area contributed by atoms with E-state index in [1.807, 2.05) is 0 Å². The Hall–Kier alpha value is -1.56. The monoisotopic (exact) mass is 233 g/mol. The molecule has 88 valence electrons. The van der Waals surface area contributed by atoms with Gasteiger partial charge in [0.25, 0.3) is 0 Å². The fraction of sp³-hybridized carbons (Fsp3) is 0.300. The molecule has 0 fully saturated rings. The molecule has 0 aromatic heterocycles. The number of alkyl halides is 3. The number of carboxylic acids is 1. The Morgan fingerprint density at radius 3 is 2.12 bits per heavy atom. The number of hydrogen-bond donors (Lipinski definition) is 2. The van der Waals surface area contributed by atoms with E-state index in [0.717, 1.165) is 12.1 Å². The van der Waals surface area contributed by atoms with Gasteiger partial charge >= 0.3 is 12.1 Å². The Morgan fingerprint density at radius 1 is 1.25 bits per heavy atom. The van der Waals surface area contributed by atoms with Crippen LogP contribution in [0.5, 0.6) is 0 Å². The van der Waals surface area contributed by atoms with Gasteiger partial charge in [-0.15, -0.1) is 0 Å². The minimum absolute atomic E-state index is 0.259. The van der Waals surface area contributed by atoms with E-state index in [9.17, 15) is 18.0 Å². The maximum absolute atomic E-state index is 12.8. The van der Waals surface area contributed by atoms with Crippen molar-refractivity contribution in [3.05, 3.63) is 35.9 Å². The van der Waals surface area contributed by atoms with Crippen molar-refractivity contribution in [1.29, 1.82) is 0 Å². The van der Waals surface area contributed by atoms with Crippen LogP contribution in [0, 0.1) is 0 Å². The molecule has 0 unspecified atom stereocenters. The molecule has 0 amide bonds. The van der Waals surface area contributed by atoms with Gasteiger partial charge in [-0.1, -0.05) is 30.3 Å². The summed E-state index contributed by atoms with van der Waals surface area (Å²) in [5.41, 5.74) is 2.09. The second kappa shape index (κ2) is 4.13.